The summed E-state index contributed by atoms with van der Waals surface area (Å²) < 4.78 is 1.69. The van der Waals surface area contributed by atoms with Crippen LogP contribution in [-0.2, 0) is 0 Å². The van der Waals surface area contributed by atoms with E-state index in [9.17, 15) is 5.11 Å². The zero-order chi connectivity index (χ0) is 23.7. The first-order chi connectivity index (χ1) is 16.1. The lowest BCUT2D eigenvalue weighted by molar-refractivity contribution is 0.109. The number of aromatic nitrogens is 4. The molecule has 2 unspecified atom stereocenters. The highest BCUT2D eigenvalue weighted by Crippen LogP contribution is 2.26. The van der Waals surface area contributed by atoms with Crippen LogP contribution >= 0.6 is 11.8 Å². The number of nitrogens with two attached hydrogens (primary N) is 1. The molecule has 0 saturated heterocycles. The van der Waals surface area contributed by atoms with E-state index in [1.807, 2.05) is 6.92 Å². The van der Waals surface area contributed by atoms with Crippen molar-refractivity contribution in [1.29, 1.82) is 0 Å². The molecule has 0 bridgehead atoms. The van der Waals surface area contributed by atoms with Crippen molar-refractivity contribution < 1.29 is 5.11 Å². The van der Waals surface area contributed by atoms with Crippen molar-refractivity contribution in [3.63, 3.8) is 0 Å². The van der Waals surface area contributed by atoms with Crippen molar-refractivity contribution in [2.45, 2.75) is 115 Å². The van der Waals surface area contributed by atoms with E-state index in [4.69, 9.17) is 5.73 Å². The topological polar surface area (TPSA) is 89.8 Å². The summed E-state index contributed by atoms with van der Waals surface area (Å²) in [6, 6.07) is 0. The monoisotopic (exact) mass is 475 g/mol. The van der Waals surface area contributed by atoms with Gasteiger partial charge in [0, 0.05) is 5.25 Å². The van der Waals surface area contributed by atoms with Crippen molar-refractivity contribution >= 4 is 28.7 Å². The number of nitrogen functional groups attached to an aromatic ring is 1. The minimum absolute atomic E-state index is 0.0571. The lowest BCUT2D eigenvalue weighted by Gasteiger charge is -2.20. The van der Waals surface area contributed by atoms with Crippen LogP contribution in [0.15, 0.2) is 24.8 Å². The normalized spacial score (nSPS) is 13.8. The third-order valence-corrected chi connectivity index (χ3v) is 7.42. The Morgan fingerprint density at radius 2 is 1.52 bits per heavy atom. The minimum Gasteiger partial charge on any atom is -0.382 e. The van der Waals surface area contributed by atoms with Gasteiger partial charge in [-0.2, -0.15) is 11.8 Å². The molecule has 33 heavy (non-hydrogen) atoms. The predicted octanol–water partition coefficient (Wildman–Crippen LogP) is 7.06. The molecular formula is C26H45N5OS. The van der Waals surface area contributed by atoms with E-state index in [2.05, 4.69) is 34.0 Å². The number of unbranched alkanes of at least 4 members (excludes halogenated alkanes) is 12. The van der Waals surface area contributed by atoms with Gasteiger partial charge >= 0.3 is 0 Å². The fourth-order valence-corrected chi connectivity index (χ4v) is 5.04. The first kappa shape index (κ1) is 27.6. The quantitative estimate of drug-likeness (QED) is 0.167. The Kier molecular flexibility index (Phi) is 14.2. The van der Waals surface area contributed by atoms with Crippen LogP contribution in [0.25, 0.3) is 11.2 Å². The molecule has 0 spiro atoms. The van der Waals surface area contributed by atoms with Crippen molar-refractivity contribution in [1.82, 2.24) is 19.5 Å². The molecule has 0 amide bonds. The number of hydrogen-bond donors (Lipinski definition) is 2. The van der Waals surface area contributed by atoms with Crippen LogP contribution in [0, 0.1) is 0 Å². The van der Waals surface area contributed by atoms with Crippen molar-refractivity contribution in [2.75, 3.05) is 11.5 Å². The molecule has 0 aliphatic heterocycles. The van der Waals surface area contributed by atoms with E-state index in [1.165, 1.54) is 96.2 Å². The average molecular weight is 476 g/mol. The Hall–Kier alpha value is -1.60. The predicted molar refractivity (Wildman–Crippen MR) is 142 cm³/mol. The molecule has 2 rings (SSSR count). The lowest BCUT2D eigenvalue weighted by Crippen LogP contribution is -2.19. The summed E-state index contributed by atoms with van der Waals surface area (Å²) >= 11 is 1.80. The maximum Gasteiger partial charge on any atom is 0.167 e. The maximum absolute atomic E-state index is 10.7. The van der Waals surface area contributed by atoms with Crippen LogP contribution in [-0.4, -0.2) is 35.6 Å². The van der Waals surface area contributed by atoms with E-state index in [0.717, 1.165) is 5.75 Å². The maximum atomic E-state index is 10.7. The molecule has 2 atom stereocenters. The number of allylic oxidation sites excluding steroid dienone is 2. The molecule has 0 aliphatic rings. The lowest BCUT2D eigenvalue weighted by atomic mass is 10.1. The molecule has 0 aliphatic carbocycles. The number of rotatable bonds is 19. The summed E-state index contributed by atoms with van der Waals surface area (Å²) in [5.74, 6) is 1.40. The van der Waals surface area contributed by atoms with Crippen molar-refractivity contribution in [2.24, 2.45) is 0 Å². The van der Waals surface area contributed by atoms with E-state index in [-0.39, 0.29) is 5.25 Å². The smallest absolute Gasteiger partial charge is 0.167 e. The van der Waals surface area contributed by atoms with Gasteiger partial charge in [-0.3, -0.25) is 4.57 Å². The van der Waals surface area contributed by atoms with Crippen LogP contribution in [0.4, 0.5) is 5.82 Å². The molecular weight excluding hydrogens is 430 g/mol. The molecule has 0 fully saturated rings. The van der Waals surface area contributed by atoms with Gasteiger partial charge in [0.15, 0.2) is 11.5 Å². The highest BCUT2D eigenvalue weighted by atomic mass is 32.2. The highest BCUT2D eigenvalue weighted by Gasteiger charge is 2.20. The molecule has 6 nitrogen and oxygen atoms in total. The number of fused-ring (bicyclic) bond motifs is 1. The Bertz CT molecular complexity index is 794. The Morgan fingerprint density at radius 3 is 2.18 bits per heavy atom. The SMILES string of the molecule is CCCCCCCC/C=C\CCCCCCCCSC(C)C(O)n1cnc2c(N)ncnc21. The van der Waals surface area contributed by atoms with Gasteiger partial charge in [-0.15, -0.1) is 0 Å². The van der Waals surface area contributed by atoms with E-state index < -0.39 is 6.23 Å². The van der Waals surface area contributed by atoms with Crippen LogP contribution in [0.3, 0.4) is 0 Å². The Morgan fingerprint density at radius 1 is 0.909 bits per heavy atom. The average Bonchev–Trinajstić information content (AvgIpc) is 3.26. The van der Waals surface area contributed by atoms with Crippen LogP contribution in [0.2, 0.25) is 0 Å². The number of anilines is 1. The molecule has 3 N–H and O–H groups in total. The van der Waals surface area contributed by atoms with Gasteiger partial charge in [-0.1, -0.05) is 76.9 Å². The third-order valence-electron chi connectivity index (χ3n) is 6.13. The van der Waals surface area contributed by atoms with Crippen molar-refractivity contribution in [3.8, 4) is 0 Å². The van der Waals surface area contributed by atoms with Crippen LogP contribution in [0.1, 0.15) is 110 Å². The summed E-state index contributed by atoms with van der Waals surface area (Å²) in [4.78, 5) is 12.4. The number of imidazole rings is 1. The zero-order valence-corrected chi connectivity index (χ0v) is 21.6. The van der Waals surface area contributed by atoms with Crippen LogP contribution in [0.5, 0.6) is 0 Å². The van der Waals surface area contributed by atoms with Gasteiger partial charge in [0.2, 0.25) is 0 Å². The largest absolute Gasteiger partial charge is 0.382 e. The molecule has 2 aromatic rings. The summed E-state index contributed by atoms with van der Waals surface area (Å²) in [7, 11) is 0. The molecule has 186 valence electrons. The molecule has 2 heterocycles. The number of aliphatic hydroxyl groups is 1. The van der Waals surface area contributed by atoms with E-state index in [1.54, 1.807) is 22.7 Å². The zero-order valence-electron chi connectivity index (χ0n) is 20.8. The molecule has 0 radical (unpaired) electrons. The van der Waals surface area contributed by atoms with Gasteiger partial charge in [-0.25, -0.2) is 15.0 Å². The van der Waals surface area contributed by atoms with Crippen LogP contribution < -0.4 is 5.73 Å². The number of hydrogen-bond acceptors (Lipinski definition) is 6. The first-order valence-electron chi connectivity index (χ1n) is 13.0. The number of nitrogens with zero attached hydrogens (tertiary/aromatic N) is 4. The summed E-state index contributed by atoms with van der Waals surface area (Å²) in [6.45, 7) is 4.32. The van der Waals surface area contributed by atoms with Gasteiger partial charge in [0.05, 0.1) is 6.33 Å². The standard InChI is InChI=1S/C26H45N5OS/c1-3-4-5-6-7-8-9-10-11-12-13-14-15-16-17-18-19-33-22(2)26(32)31-21-30-23-24(27)28-20-29-25(23)31/h10-11,20-22,26,32H,3-9,12-19H2,1-2H3,(H2,27,28,29)/b11-10-. The third kappa shape index (κ3) is 10.5. The molecule has 2 aromatic heterocycles. The number of aliphatic hydroxyl groups excluding tert-OH is 1. The molecule has 7 heteroatoms. The number of thioether (sulfide) groups is 1. The van der Waals surface area contributed by atoms with Gasteiger partial charge in [-0.05, 0) is 44.8 Å². The molecule has 0 aromatic carbocycles. The van der Waals surface area contributed by atoms with Gasteiger partial charge in [0.1, 0.15) is 18.1 Å². The minimum atomic E-state index is -0.677. The van der Waals surface area contributed by atoms with Gasteiger partial charge < -0.3 is 10.8 Å². The highest BCUT2D eigenvalue weighted by molar-refractivity contribution is 7.99. The second-order valence-electron chi connectivity index (χ2n) is 9.01. The van der Waals surface area contributed by atoms with E-state index in [0.29, 0.717) is 17.0 Å². The Labute approximate surface area is 204 Å². The van der Waals surface area contributed by atoms with E-state index >= 15 is 0 Å². The summed E-state index contributed by atoms with van der Waals surface area (Å²) in [5.41, 5.74) is 6.96. The fraction of sp³-hybridized carbons (Fsp3) is 0.731. The Balaban J connectivity index is 1.44. The fourth-order valence-electron chi connectivity index (χ4n) is 3.99. The second-order valence-corrected chi connectivity index (χ2v) is 10.5. The van der Waals surface area contributed by atoms with Gasteiger partial charge in [0.25, 0.3) is 0 Å². The first-order valence-corrected chi connectivity index (χ1v) is 14.1. The summed E-state index contributed by atoms with van der Waals surface area (Å²) in [6.07, 6.45) is 25.7. The van der Waals surface area contributed by atoms with Crippen molar-refractivity contribution in [3.05, 3.63) is 24.8 Å². The second kappa shape index (κ2) is 16.9. The molecule has 0 saturated carbocycles. The summed E-state index contributed by atoms with van der Waals surface area (Å²) in [5, 5.41) is 10.8.